The van der Waals surface area contributed by atoms with E-state index in [4.69, 9.17) is 4.74 Å². The van der Waals surface area contributed by atoms with Gasteiger partial charge in [0.15, 0.2) is 0 Å². The number of carbonyl (C=O) groups excluding carboxylic acids is 1. The van der Waals surface area contributed by atoms with Crippen molar-refractivity contribution in [2.45, 2.75) is 45.5 Å². The molecule has 2 unspecified atom stereocenters. The van der Waals surface area contributed by atoms with E-state index < -0.39 is 12.3 Å². The molecule has 0 radical (unpaired) electrons. The normalized spacial score (nSPS) is 20.1. The first kappa shape index (κ1) is 17.5. The van der Waals surface area contributed by atoms with E-state index in [9.17, 15) is 9.18 Å². The van der Waals surface area contributed by atoms with Crippen LogP contribution in [0.4, 0.5) is 9.18 Å². The summed E-state index contributed by atoms with van der Waals surface area (Å²) in [6.07, 6.45) is -0.514. The van der Waals surface area contributed by atoms with Crippen molar-refractivity contribution in [1.82, 2.24) is 14.7 Å². The lowest BCUT2D eigenvalue weighted by Gasteiger charge is -2.24. The predicted molar refractivity (Wildman–Crippen MR) is 93.0 cm³/mol. The van der Waals surface area contributed by atoms with Gasteiger partial charge in [-0.1, -0.05) is 30.3 Å². The van der Waals surface area contributed by atoms with Gasteiger partial charge in [-0.2, -0.15) is 5.10 Å². The monoisotopic (exact) mass is 345 g/mol. The van der Waals surface area contributed by atoms with Gasteiger partial charge in [-0.15, -0.1) is 0 Å². The van der Waals surface area contributed by atoms with Crippen LogP contribution in [-0.4, -0.2) is 39.5 Å². The Labute approximate surface area is 147 Å². The minimum absolute atomic E-state index is 0.0939. The first-order chi connectivity index (χ1) is 12.0. The SMILES string of the molecule is Cc1nn(C)c(C)c1CC1CC(F)CN1C(=O)OCc1ccccc1. The maximum atomic E-state index is 14.0. The fourth-order valence-electron chi connectivity index (χ4n) is 3.43. The molecule has 0 aliphatic carbocycles. The van der Waals surface area contributed by atoms with Gasteiger partial charge in [0, 0.05) is 25.2 Å². The number of rotatable bonds is 4. The molecule has 3 rings (SSSR count). The summed E-state index contributed by atoms with van der Waals surface area (Å²) in [5.41, 5.74) is 3.99. The summed E-state index contributed by atoms with van der Waals surface area (Å²) in [5, 5.41) is 4.41. The number of likely N-dealkylation sites (tertiary alicyclic amines) is 1. The van der Waals surface area contributed by atoms with Crippen molar-refractivity contribution in [3.8, 4) is 0 Å². The number of benzene rings is 1. The van der Waals surface area contributed by atoms with Crippen LogP contribution in [0.25, 0.3) is 0 Å². The summed E-state index contributed by atoms with van der Waals surface area (Å²) in [6.45, 7) is 4.24. The number of halogens is 1. The average molecular weight is 345 g/mol. The molecule has 1 amide bonds. The van der Waals surface area contributed by atoms with Crippen LogP contribution >= 0.6 is 0 Å². The number of ether oxygens (including phenoxy) is 1. The summed E-state index contributed by atoms with van der Waals surface area (Å²) in [4.78, 5) is 14.0. The molecule has 25 heavy (non-hydrogen) atoms. The van der Waals surface area contributed by atoms with Crippen molar-refractivity contribution in [3.05, 3.63) is 52.8 Å². The van der Waals surface area contributed by atoms with Crippen molar-refractivity contribution in [2.24, 2.45) is 7.05 Å². The number of aromatic nitrogens is 2. The van der Waals surface area contributed by atoms with Crippen molar-refractivity contribution in [1.29, 1.82) is 0 Å². The van der Waals surface area contributed by atoms with Gasteiger partial charge < -0.3 is 9.64 Å². The van der Waals surface area contributed by atoms with Crippen LogP contribution in [0.15, 0.2) is 30.3 Å². The highest BCUT2D eigenvalue weighted by Crippen LogP contribution is 2.26. The first-order valence-electron chi connectivity index (χ1n) is 8.56. The molecule has 2 atom stereocenters. The zero-order valence-electron chi connectivity index (χ0n) is 14.9. The van der Waals surface area contributed by atoms with Gasteiger partial charge in [0.2, 0.25) is 0 Å². The highest BCUT2D eigenvalue weighted by Gasteiger charge is 2.37. The van der Waals surface area contributed by atoms with Gasteiger partial charge in [0.1, 0.15) is 12.8 Å². The number of hydrogen-bond acceptors (Lipinski definition) is 3. The second kappa shape index (κ2) is 7.25. The van der Waals surface area contributed by atoms with Crippen LogP contribution in [0.5, 0.6) is 0 Å². The minimum Gasteiger partial charge on any atom is -0.445 e. The minimum atomic E-state index is -1.01. The molecule has 1 aromatic heterocycles. The number of hydrogen-bond donors (Lipinski definition) is 0. The van der Waals surface area contributed by atoms with Gasteiger partial charge >= 0.3 is 6.09 Å². The molecule has 0 spiro atoms. The maximum Gasteiger partial charge on any atom is 0.410 e. The molecule has 2 aromatic rings. The summed E-state index contributed by atoms with van der Waals surface area (Å²) >= 11 is 0. The zero-order chi connectivity index (χ0) is 18.0. The fourth-order valence-corrected chi connectivity index (χ4v) is 3.43. The molecule has 1 fully saturated rings. The van der Waals surface area contributed by atoms with Gasteiger partial charge in [-0.25, -0.2) is 9.18 Å². The van der Waals surface area contributed by atoms with Crippen LogP contribution in [-0.2, 0) is 24.8 Å². The van der Waals surface area contributed by atoms with E-state index in [0.29, 0.717) is 12.8 Å². The molecule has 134 valence electrons. The van der Waals surface area contributed by atoms with E-state index in [1.165, 1.54) is 4.90 Å². The largest absolute Gasteiger partial charge is 0.445 e. The van der Waals surface area contributed by atoms with Crippen molar-refractivity contribution in [3.63, 3.8) is 0 Å². The molecular weight excluding hydrogens is 321 g/mol. The summed E-state index contributed by atoms with van der Waals surface area (Å²) in [6, 6.07) is 9.30. The first-order valence-corrected chi connectivity index (χ1v) is 8.56. The number of aryl methyl sites for hydroxylation is 2. The Kier molecular flexibility index (Phi) is 5.06. The van der Waals surface area contributed by atoms with Gasteiger partial charge in [0.25, 0.3) is 0 Å². The van der Waals surface area contributed by atoms with Gasteiger partial charge in [-0.3, -0.25) is 4.68 Å². The molecular formula is C19H24FN3O2. The van der Waals surface area contributed by atoms with E-state index in [0.717, 1.165) is 22.5 Å². The second-order valence-electron chi connectivity index (χ2n) is 6.66. The lowest BCUT2D eigenvalue weighted by atomic mass is 10.0. The third-order valence-electron chi connectivity index (χ3n) is 4.90. The van der Waals surface area contributed by atoms with Crippen LogP contribution in [0, 0.1) is 13.8 Å². The van der Waals surface area contributed by atoms with Crippen molar-refractivity contribution >= 4 is 6.09 Å². The predicted octanol–water partition coefficient (Wildman–Crippen LogP) is 3.33. The number of amides is 1. The Morgan fingerprint density at radius 3 is 2.68 bits per heavy atom. The number of carbonyl (C=O) groups is 1. The molecule has 1 aliphatic heterocycles. The molecule has 1 aromatic carbocycles. The Morgan fingerprint density at radius 2 is 2.04 bits per heavy atom. The Balaban J connectivity index is 1.67. The Morgan fingerprint density at radius 1 is 1.32 bits per heavy atom. The highest BCUT2D eigenvalue weighted by molar-refractivity contribution is 5.68. The third kappa shape index (κ3) is 3.83. The molecule has 0 saturated carbocycles. The Hall–Kier alpha value is -2.37. The van der Waals surface area contributed by atoms with Crippen molar-refractivity contribution in [2.75, 3.05) is 6.54 Å². The van der Waals surface area contributed by atoms with E-state index in [-0.39, 0.29) is 19.2 Å². The van der Waals surface area contributed by atoms with Crippen LogP contribution < -0.4 is 0 Å². The smallest absolute Gasteiger partial charge is 0.410 e. The van der Waals surface area contributed by atoms with E-state index in [1.807, 2.05) is 55.9 Å². The second-order valence-corrected chi connectivity index (χ2v) is 6.66. The summed E-state index contributed by atoms with van der Waals surface area (Å²) in [7, 11) is 1.89. The van der Waals surface area contributed by atoms with Gasteiger partial charge in [-0.05, 0) is 31.4 Å². The van der Waals surface area contributed by atoms with Gasteiger partial charge in [0.05, 0.1) is 12.2 Å². The lowest BCUT2D eigenvalue weighted by Crippen LogP contribution is -2.37. The highest BCUT2D eigenvalue weighted by atomic mass is 19.1. The zero-order valence-corrected chi connectivity index (χ0v) is 14.9. The lowest BCUT2D eigenvalue weighted by molar-refractivity contribution is 0.0906. The maximum absolute atomic E-state index is 14.0. The molecule has 1 aliphatic rings. The fraction of sp³-hybridized carbons (Fsp3) is 0.474. The number of nitrogens with zero attached hydrogens (tertiary/aromatic N) is 3. The van der Waals surface area contributed by atoms with Crippen LogP contribution in [0.2, 0.25) is 0 Å². The molecule has 2 heterocycles. The average Bonchev–Trinajstić information content (AvgIpc) is 3.08. The Bertz CT molecular complexity index is 745. The molecule has 1 saturated heterocycles. The quantitative estimate of drug-likeness (QED) is 0.854. The van der Waals surface area contributed by atoms with E-state index >= 15 is 0 Å². The molecule has 5 nitrogen and oxygen atoms in total. The van der Waals surface area contributed by atoms with Crippen LogP contribution in [0.3, 0.4) is 0 Å². The standard InChI is InChI=1S/C19H24FN3O2/c1-13-18(14(2)22(3)21-13)10-17-9-16(20)11-23(17)19(24)25-12-15-7-5-4-6-8-15/h4-8,16-17H,9-12H2,1-3H3. The molecule has 6 heteroatoms. The van der Waals surface area contributed by atoms with Crippen LogP contribution in [0.1, 0.15) is 28.9 Å². The third-order valence-corrected chi connectivity index (χ3v) is 4.90. The molecule has 0 N–H and O–H groups in total. The number of alkyl halides is 1. The van der Waals surface area contributed by atoms with E-state index in [1.54, 1.807) is 0 Å². The topological polar surface area (TPSA) is 47.4 Å². The molecule has 0 bridgehead atoms. The van der Waals surface area contributed by atoms with E-state index in [2.05, 4.69) is 5.10 Å². The van der Waals surface area contributed by atoms with Crippen molar-refractivity contribution < 1.29 is 13.9 Å². The summed E-state index contributed by atoms with van der Waals surface area (Å²) in [5.74, 6) is 0. The summed E-state index contributed by atoms with van der Waals surface area (Å²) < 4.78 is 21.2.